The van der Waals surface area contributed by atoms with Crippen molar-refractivity contribution in [2.45, 2.75) is 26.1 Å². The van der Waals surface area contributed by atoms with Crippen molar-refractivity contribution in [1.82, 2.24) is 9.97 Å². The summed E-state index contributed by atoms with van der Waals surface area (Å²) >= 11 is 6.30. The van der Waals surface area contributed by atoms with Crippen molar-refractivity contribution < 1.29 is 0 Å². The number of benzene rings is 1. The Morgan fingerprint density at radius 3 is 2.41 bits per heavy atom. The van der Waals surface area contributed by atoms with Gasteiger partial charge in [0.15, 0.2) is 0 Å². The number of halogens is 1. The Morgan fingerprint density at radius 1 is 1.18 bits per heavy atom. The maximum absolute atomic E-state index is 6.30. The van der Waals surface area contributed by atoms with E-state index < -0.39 is 0 Å². The zero-order valence-corrected chi connectivity index (χ0v) is 11.1. The smallest absolute Gasteiger partial charge is 0.137 e. The highest BCUT2D eigenvalue weighted by atomic mass is 35.5. The standard InChI is InChI=1S/C14H17ClN2/c1-9(2)13(15)12-8-16-14(17-12)11-6-4-10(3)5-7-11/h4-9,13H,1-3H3,(H,16,17). The topological polar surface area (TPSA) is 28.7 Å². The van der Waals surface area contributed by atoms with Crippen LogP contribution in [0.2, 0.25) is 0 Å². The third-order valence-corrected chi connectivity index (χ3v) is 3.54. The third kappa shape index (κ3) is 2.70. The minimum absolute atomic E-state index is 0.0123. The van der Waals surface area contributed by atoms with E-state index in [0.29, 0.717) is 5.92 Å². The monoisotopic (exact) mass is 248 g/mol. The Hall–Kier alpha value is -1.28. The van der Waals surface area contributed by atoms with E-state index in [9.17, 15) is 0 Å². The number of hydrogen-bond acceptors (Lipinski definition) is 1. The SMILES string of the molecule is Cc1ccc(-c2ncc(C(Cl)C(C)C)[nH]2)cc1. The molecule has 1 heterocycles. The first-order valence-corrected chi connectivity index (χ1v) is 6.27. The van der Waals surface area contributed by atoms with E-state index in [-0.39, 0.29) is 5.38 Å². The second-order valence-electron chi connectivity index (χ2n) is 4.70. The van der Waals surface area contributed by atoms with Crippen molar-refractivity contribution >= 4 is 11.6 Å². The molecule has 0 spiro atoms. The lowest BCUT2D eigenvalue weighted by atomic mass is 10.1. The Balaban J connectivity index is 2.26. The summed E-state index contributed by atoms with van der Waals surface area (Å²) in [7, 11) is 0. The highest BCUT2D eigenvalue weighted by molar-refractivity contribution is 6.20. The molecule has 0 fully saturated rings. The maximum atomic E-state index is 6.30. The zero-order valence-electron chi connectivity index (χ0n) is 10.4. The number of H-pyrrole nitrogens is 1. The summed E-state index contributed by atoms with van der Waals surface area (Å²) in [6.45, 7) is 6.28. The molecule has 0 amide bonds. The first-order valence-electron chi connectivity index (χ1n) is 5.84. The molecule has 1 unspecified atom stereocenters. The van der Waals surface area contributed by atoms with Gasteiger partial charge in [-0.3, -0.25) is 0 Å². The van der Waals surface area contributed by atoms with Gasteiger partial charge in [-0.05, 0) is 12.8 Å². The van der Waals surface area contributed by atoms with E-state index >= 15 is 0 Å². The number of nitrogens with one attached hydrogen (secondary N) is 1. The lowest BCUT2D eigenvalue weighted by Crippen LogP contribution is -1.99. The van der Waals surface area contributed by atoms with Gasteiger partial charge >= 0.3 is 0 Å². The van der Waals surface area contributed by atoms with Crippen LogP contribution in [0, 0.1) is 12.8 Å². The van der Waals surface area contributed by atoms with E-state index in [4.69, 9.17) is 11.6 Å². The Morgan fingerprint density at radius 2 is 1.82 bits per heavy atom. The predicted octanol–water partition coefficient (Wildman–Crippen LogP) is 4.32. The Bertz CT molecular complexity index is 485. The molecule has 0 aliphatic carbocycles. The van der Waals surface area contributed by atoms with Crippen LogP contribution in [0.3, 0.4) is 0 Å². The molecule has 0 radical (unpaired) electrons. The highest BCUT2D eigenvalue weighted by Crippen LogP contribution is 2.28. The summed E-state index contributed by atoms with van der Waals surface area (Å²) in [4.78, 5) is 7.67. The first-order chi connectivity index (χ1) is 8.08. The number of imidazole rings is 1. The van der Waals surface area contributed by atoms with Crippen LogP contribution in [-0.4, -0.2) is 9.97 Å². The summed E-state index contributed by atoms with van der Waals surface area (Å²) in [5.41, 5.74) is 3.32. The fourth-order valence-corrected chi connectivity index (χ4v) is 1.80. The zero-order chi connectivity index (χ0) is 12.4. The number of hydrogen-bond donors (Lipinski definition) is 1. The summed E-state index contributed by atoms with van der Waals surface area (Å²) in [6, 6.07) is 8.30. The number of aromatic nitrogens is 2. The van der Waals surface area contributed by atoms with Gasteiger partial charge in [-0.15, -0.1) is 11.6 Å². The molecule has 2 rings (SSSR count). The quantitative estimate of drug-likeness (QED) is 0.805. The molecule has 0 saturated heterocycles. The van der Waals surface area contributed by atoms with E-state index in [1.54, 1.807) is 0 Å². The van der Waals surface area contributed by atoms with E-state index in [0.717, 1.165) is 17.1 Å². The molecule has 0 aliphatic rings. The van der Waals surface area contributed by atoms with Gasteiger partial charge in [-0.1, -0.05) is 43.7 Å². The number of rotatable bonds is 3. The van der Waals surface area contributed by atoms with Gasteiger partial charge in [0.1, 0.15) is 5.82 Å². The van der Waals surface area contributed by atoms with Crippen molar-refractivity contribution in [3.8, 4) is 11.4 Å². The normalized spacial score (nSPS) is 13.0. The Kier molecular flexibility index (Phi) is 3.53. The van der Waals surface area contributed by atoms with Crippen LogP contribution in [0.25, 0.3) is 11.4 Å². The van der Waals surface area contributed by atoms with Crippen molar-refractivity contribution in [2.75, 3.05) is 0 Å². The van der Waals surface area contributed by atoms with E-state index in [1.807, 2.05) is 6.20 Å². The molecular weight excluding hydrogens is 232 g/mol. The molecule has 1 aromatic carbocycles. The minimum Gasteiger partial charge on any atom is -0.341 e. The summed E-state index contributed by atoms with van der Waals surface area (Å²) in [5.74, 6) is 1.27. The van der Waals surface area contributed by atoms with Crippen LogP contribution >= 0.6 is 11.6 Å². The van der Waals surface area contributed by atoms with Gasteiger partial charge in [0.25, 0.3) is 0 Å². The number of aromatic amines is 1. The molecule has 3 heteroatoms. The predicted molar refractivity (Wildman–Crippen MR) is 72.2 cm³/mol. The summed E-state index contributed by atoms with van der Waals surface area (Å²) in [6.07, 6.45) is 1.83. The van der Waals surface area contributed by atoms with Crippen LogP contribution in [0.4, 0.5) is 0 Å². The van der Waals surface area contributed by atoms with Crippen molar-refractivity contribution in [3.63, 3.8) is 0 Å². The van der Waals surface area contributed by atoms with Gasteiger partial charge in [0, 0.05) is 5.56 Å². The maximum Gasteiger partial charge on any atom is 0.137 e. The van der Waals surface area contributed by atoms with Crippen LogP contribution in [0.5, 0.6) is 0 Å². The third-order valence-electron chi connectivity index (χ3n) is 2.80. The molecule has 0 bridgehead atoms. The molecule has 1 N–H and O–H groups in total. The van der Waals surface area contributed by atoms with E-state index in [2.05, 4.69) is 55.0 Å². The minimum atomic E-state index is -0.0123. The molecule has 2 aromatic rings. The second kappa shape index (κ2) is 4.92. The number of nitrogens with zero attached hydrogens (tertiary/aromatic N) is 1. The van der Waals surface area contributed by atoms with Crippen LogP contribution in [-0.2, 0) is 0 Å². The van der Waals surface area contributed by atoms with E-state index in [1.165, 1.54) is 5.56 Å². The Labute approximate surface area is 107 Å². The van der Waals surface area contributed by atoms with Gasteiger partial charge < -0.3 is 4.98 Å². The number of alkyl halides is 1. The molecule has 90 valence electrons. The molecule has 2 nitrogen and oxygen atoms in total. The molecule has 17 heavy (non-hydrogen) atoms. The fourth-order valence-electron chi connectivity index (χ4n) is 1.69. The fraction of sp³-hybridized carbons (Fsp3) is 0.357. The summed E-state index contributed by atoms with van der Waals surface area (Å²) in [5, 5.41) is -0.0123. The van der Waals surface area contributed by atoms with Gasteiger partial charge in [0.05, 0.1) is 17.3 Å². The van der Waals surface area contributed by atoms with Crippen molar-refractivity contribution in [3.05, 3.63) is 41.7 Å². The average Bonchev–Trinajstić information content (AvgIpc) is 2.78. The first kappa shape index (κ1) is 12.2. The highest BCUT2D eigenvalue weighted by Gasteiger charge is 2.15. The molecule has 0 saturated carbocycles. The molecule has 1 atom stereocenters. The van der Waals surface area contributed by atoms with Gasteiger partial charge in [0.2, 0.25) is 0 Å². The lowest BCUT2D eigenvalue weighted by molar-refractivity contribution is 0.614. The van der Waals surface area contributed by atoms with Crippen molar-refractivity contribution in [1.29, 1.82) is 0 Å². The lowest BCUT2D eigenvalue weighted by Gasteiger charge is -2.10. The number of aryl methyl sites for hydroxylation is 1. The molecular formula is C14H17ClN2. The van der Waals surface area contributed by atoms with Gasteiger partial charge in [-0.25, -0.2) is 4.98 Å². The average molecular weight is 249 g/mol. The van der Waals surface area contributed by atoms with Crippen molar-refractivity contribution in [2.24, 2.45) is 5.92 Å². The van der Waals surface area contributed by atoms with Crippen LogP contribution in [0.1, 0.15) is 30.5 Å². The largest absolute Gasteiger partial charge is 0.341 e. The van der Waals surface area contributed by atoms with Crippen LogP contribution in [0.15, 0.2) is 30.5 Å². The molecule has 0 aliphatic heterocycles. The van der Waals surface area contributed by atoms with Crippen LogP contribution < -0.4 is 0 Å². The second-order valence-corrected chi connectivity index (χ2v) is 5.17. The molecule has 1 aromatic heterocycles. The van der Waals surface area contributed by atoms with Gasteiger partial charge in [-0.2, -0.15) is 0 Å². The summed E-state index contributed by atoms with van der Waals surface area (Å²) < 4.78 is 0.